The first-order chi connectivity index (χ1) is 5.16. The van der Waals surface area contributed by atoms with E-state index in [9.17, 15) is 4.79 Å². The summed E-state index contributed by atoms with van der Waals surface area (Å²) in [5.74, 6) is 0. The number of hydrogen-bond acceptors (Lipinski definition) is 2. The van der Waals surface area contributed by atoms with Crippen LogP contribution in [0.3, 0.4) is 0 Å². The molecule has 0 amide bonds. The Morgan fingerprint density at radius 2 is 2.09 bits per heavy atom. The molecule has 0 spiro atoms. The van der Waals surface area contributed by atoms with Gasteiger partial charge in [-0.25, -0.2) is 0 Å². The van der Waals surface area contributed by atoms with Gasteiger partial charge in [0.05, 0.1) is 12.2 Å². The Labute approximate surface area is 66.0 Å². The zero-order valence-corrected chi connectivity index (χ0v) is 7.09. The molecule has 11 heavy (non-hydrogen) atoms. The standard InChI is InChI=1S/C8H12N2O/c1-6-7(2)9-10(4-5-11)8(6)3/h5H,4H2,1-3H3. The van der Waals surface area contributed by atoms with Crippen LogP contribution in [-0.2, 0) is 11.3 Å². The summed E-state index contributed by atoms with van der Waals surface area (Å²) in [6.07, 6.45) is 0.860. The first kappa shape index (κ1) is 7.98. The second-order valence-electron chi connectivity index (χ2n) is 2.64. The van der Waals surface area contributed by atoms with E-state index in [2.05, 4.69) is 5.10 Å². The van der Waals surface area contributed by atoms with Crippen molar-refractivity contribution in [3.63, 3.8) is 0 Å². The third-order valence-corrected chi connectivity index (χ3v) is 1.99. The zero-order chi connectivity index (χ0) is 8.43. The molecule has 0 radical (unpaired) electrons. The van der Waals surface area contributed by atoms with E-state index in [1.165, 1.54) is 5.56 Å². The summed E-state index contributed by atoms with van der Waals surface area (Å²) >= 11 is 0. The third kappa shape index (κ3) is 1.31. The Hall–Kier alpha value is -1.12. The number of aromatic nitrogens is 2. The van der Waals surface area contributed by atoms with Gasteiger partial charge in [0.25, 0.3) is 0 Å². The van der Waals surface area contributed by atoms with Gasteiger partial charge in [-0.2, -0.15) is 5.10 Å². The quantitative estimate of drug-likeness (QED) is 0.593. The molecular weight excluding hydrogens is 140 g/mol. The molecule has 0 N–H and O–H groups in total. The van der Waals surface area contributed by atoms with Crippen molar-refractivity contribution >= 4 is 6.29 Å². The van der Waals surface area contributed by atoms with E-state index in [0.29, 0.717) is 6.54 Å². The van der Waals surface area contributed by atoms with Crippen molar-refractivity contribution in [2.24, 2.45) is 0 Å². The number of nitrogens with zero attached hydrogens (tertiary/aromatic N) is 2. The fourth-order valence-electron chi connectivity index (χ4n) is 1.03. The number of rotatable bonds is 2. The van der Waals surface area contributed by atoms with Crippen LogP contribution in [0.5, 0.6) is 0 Å². The molecule has 0 aliphatic carbocycles. The average molecular weight is 152 g/mol. The predicted molar refractivity (Wildman–Crippen MR) is 42.5 cm³/mol. The van der Waals surface area contributed by atoms with E-state index < -0.39 is 0 Å². The van der Waals surface area contributed by atoms with E-state index >= 15 is 0 Å². The average Bonchev–Trinajstić information content (AvgIpc) is 2.19. The van der Waals surface area contributed by atoms with Gasteiger partial charge in [-0.05, 0) is 26.3 Å². The van der Waals surface area contributed by atoms with Crippen molar-refractivity contribution in [1.82, 2.24) is 9.78 Å². The van der Waals surface area contributed by atoms with Crippen LogP contribution in [-0.4, -0.2) is 16.1 Å². The lowest BCUT2D eigenvalue weighted by Crippen LogP contribution is -2.03. The number of aldehydes is 1. The summed E-state index contributed by atoms with van der Waals surface area (Å²) in [6, 6.07) is 0. The number of hydrogen-bond donors (Lipinski definition) is 0. The normalized spacial score (nSPS) is 10.1. The van der Waals surface area contributed by atoms with E-state index in [1.54, 1.807) is 4.68 Å². The lowest BCUT2D eigenvalue weighted by Gasteiger charge is -1.96. The van der Waals surface area contributed by atoms with Gasteiger partial charge in [0.1, 0.15) is 6.29 Å². The molecule has 0 atom stereocenters. The maximum atomic E-state index is 10.2. The molecule has 0 saturated heterocycles. The van der Waals surface area contributed by atoms with E-state index in [-0.39, 0.29) is 0 Å². The molecule has 3 heteroatoms. The van der Waals surface area contributed by atoms with Crippen LogP contribution in [0.2, 0.25) is 0 Å². The van der Waals surface area contributed by atoms with Crippen molar-refractivity contribution in [3.05, 3.63) is 17.0 Å². The molecule has 0 unspecified atom stereocenters. The molecule has 60 valence electrons. The van der Waals surface area contributed by atoms with E-state index in [1.807, 2.05) is 20.8 Å². The zero-order valence-electron chi connectivity index (χ0n) is 7.09. The van der Waals surface area contributed by atoms with Crippen LogP contribution in [0, 0.1) is 20.8 Å². The molecule has 0 aliphatic heterocycles. The highest BCUT2D eigenvalue weighted by Gasteiger charge is 2.04. The monoisotopic (exact) mass is 152 g/mol. The molecule has 1 aromatic heterocycles. The Bertz CT molecular complexity index is 276. The molecule has 1 rings (SSSR count). The van der Waals surface area contributed by atoms with Gasteiger partial charge in [0.15, 0.2) is 0 Å². The number of carbonyl (C=O) groups excluding carboxylic acids is 1. The molecule has 0 fully saturated rings. The Balaban J connectivity index is 3.07. The minimum atomic E-state index is 0.362. The molecule has 3 nitrogen and oxygen atoms in total. The van der Waals surface area contributed by atoms with E-state index in [4.69, 9.17) is 0 Å². The summed E-state index contributed by atoms with van der Waals surface area (Å²) < 4.78 is 1.72. The molecule has 0 saturated carbocycles. The topological polar surface area (TPSA) is 34.9 Å². The SMILES string of the molecule is Cc1nn(CC=O)c(C)c1C. The fraction of sp³-hybridized carbons (Fsp3) is 0.500. The van der Waals surface area contributed by atoms with Gasteiger partial charge in [0.2, 0.25) is 0 Å². The summed E-state index contributed by atoms with van der Waals surface area (Å²) in [7, 11) is 0. The van der Waals surface area contributed by atoms with Crippen molar-refractivity contribution in [1.29, 1.82) is 0 Å². The lowest BCUT2D eigenvalue weighted by molar-refractivity contribution is -0.108. The smallest absolute Gasteiger partial charge is 0.141 e. The second-order valence-corrected chi connectivity index (χ2v) is 2.64. The van der Waals surface area contributed by atoms with Crippen LogP contribution in [0.25, 0.3) is 0 Å². The predicted octanol–water partition coefficient (Wildman–Crippen LogP) is 1.01. The molecule has 0 aromatic carbocycles. The van der Waals surface area contributed by atoms with Crippen molar-refractivity contribution < 1.29 is 4.79 Å². The Kier molecular flexibility index (Phi) is 2.08. The van der Waals surface area contributed by atoms with Gasteiger partial charge in [-0.3, -0.25) is 4.68 Å². The summed E-state index contributed by atoms with van der Waals surface area (Å²) in [5.41, 5.74) is 3.26. The minimum absolute atomic E-state index is 0.362. The second kappa shape index (κ2) is 2.86. The minimum Gasteiger partial charge on any atom is -0.301 e. The van der Waals surface area contributed by atoms with Crippen LogP contribution in [0.15, 0.2) is 0 Å². The van der Waals surface area contributed by atoms with Crippen molar-refractivity contribution in [2.45, 2.75) is 27.3 Å². The molecule has 1 aromatic rings. The highest BCUT2D eigenvalue weighted by atomic mass is 16.1. The summed E-state index contributed by atoms with van der Waals surface area (Å²) in [6.45, 7) is 6.29. The maximum Gasteiger partial charge on any atom is 0.141 e. The van der Waals surface area contributed by atoms with Gasteiger partial charge >= 0.3 is 0 Å². The van der Waals surface area contributed by atoms with Crippen LogP contribution in [0.1, 0.15) is 17.0 Å². The number of aryl methyl sites for hydroxylation is 1. The fourth-order valence-corrected chi connectivity index (χ4v) is 1.03. The molecule has 1 heterocycles. The van der Waals surface area contributed by atoms with Gasteiger partial charge in [0, 0.05) is 5.69 Å². The van der Waals surface area contributed by atoms with Gasteiger partial charge in [-0.15, -0.1) is 0 Å². The van der Waals surface area contributed by atoms with Crippen molar-refractivity contribution in [3.8, 4) is 0 Å². The third-order valence-electron chi connectivity index (χ3n) is 1.99. The summed E-state index contributed by atoms with van der Waals surface area (Å²) in [5, 5.41) is 4.18. The summed E-state index contributed by atoms with van der Waals surface area (Å²) in [4.78, 5) is 10.2. The van der Waals surface area contributed by atoms with Gasteiger partial charge in [-0.1, -0.05) is 0 Å². The highest BCUT2D eigenvalue weighted by Crippen LogP contribution is 2.09. The molecular formula is C8H12N2O. The largest absolute Gasteiger partial charge is 0.301 e. The Morgan fingerprint density at radius 3 is 2.45 bits per heavy atom. The van der Waals surface area contributed by atoms with Gasteiger partial charge < -0.3 is 4.79 Å². The van der Waals surface area contributed by atoms with Crippen LogP contribution < -0.4 is 0 Å². The number of carbonyl (C=O) groups is 1. The van der Waals surface area contributed by atoms with Crippen LogP contribution in [0.4, 0.5) is 0 Å². The first-order valence-electron chi connectivity index (χ1n) is 3.61. The molecule has 0 aliphatic rings. The molecule has 0 bridgehead atoms. The van der Waals surface area contributed by atoms with E-state index in [0.717, 1.165) is 17.7 Å². The van der Waals surface area contributed by atoms with Crippen LogP contribution >= 0.6 is 0 Å². The highest BCUT2D eigenvalue weighted by molar-refractivity contribution is 5.49. The maximum absolute atomic E-state index is 10.2. The first-order valence-corrected chi connectivity index (χ1v) is 3.61. The van der Waals surface area contributed by atoms with Crippen molar-refractivity contribution in [2.75, 3.05) is 0 Å². The Morgan fingerprint density at radius 1 is 1.45 bits per heavy atom. The lowest BCUT2D eigenvalue weighted by atomic mass is 10.2.